The Hall–Kier alpha value is -0.740. The summed E-state index contributed by atoms with van der Waals surface area (Å²) in [5, 5.41) is 0. The third-order valence-corrected chi connectivity index (χ3v) is 2.50. The Morgan fingerprint density at radius 3 is 2.71 bits per heavy atom. The zero-order valence-electron chi connectivity index (χ0n) is 8.46. The summed E-state index contributed by atoms with van der Waals surface area (Å²) < 4.78 is 6.41. The van der Waals surface area contributed by atoms with Crippen molar-refractivity contribution in [2.45, 2.75) is 0 Å². The Bertz CT molecular complexity index is 302. The van der Waals surface area contributed by atoms with E-state index < -0.39 is 0 Å². The molecule has 0 fully saturated rings. The number of hydrogen-bond donors (Lipinski definition) is 1. The van der Waals surface area contributed by atoms with Gasteiger partial charge in [0.1, 0.15) is 12.4 Å². The normalized spacial score (nSPS) is 10.6. The second-order valence-electron chi connectivity index (χ2n) is 3.34. The van der Waals surface area contributed by atoms with Crippen LogP contribution in [0.25, 0.3) is 0 Å². The first-order chi connectivity index (χ1) is 6.59. The molecule has 0 heterocycles. The molecule has 14 heavy (non-hydrogen) atoms. The lowest BCUT2D eigenvalue weighted by Crippen LogP contribution is -2.19. The van der Waals surface area contributed by atoms with Gasteiger partial charge in [-0.25, -0.2) is 0 Å². The predicted octanol–water partition coefficient (Wildman–Crippen LogP) is 1.97. The summed E-state index contributed by atoms with van der Waals surface area (Å²) >= 11 is 3.33. The largest absolute Gasteiger partial charge is 0.492 e. The summed E-state index contributed by atoms with van der Waals surface area (Å²) in [7, 11) is 4.03. The third-order valence-electron chi connectivity index (χ3n) is 1.77. The highest BCUT2D eigenvalue weighted by atomic mass is 79.9. The van der Waals surface area contributed by atoms with Gasteiger partial charge < -0.3 is 15.4 Å². The Kier molecular flexibility index (Phi) is 4.22. The van der Waals surface area contributed by atoms with Gasteiger partial charge in [-0.2, -0.15) is 0 Å². The standard InChI is InChI=1S/C10H15BrN2O/c1-13(2)5-6-14-8-3-4-9(11)10(12)7-8/h3-4,7H,5-6,12H2,1-2H3. The topological polar surface area (TPSA) is 38.5 Å². The van der Waals surface area contributed by atoms with Crippen molar-refractivity contribution in [3.8, 4) is 5.75 Å². The van der Waals surface area contributed by atoms with Gasteiger partial charge in [-0.1, -0.05) is 0 Å². The number of hydrogen-bond acceptors (Lipinski definition) is 3. The summed E-state index contributed by atoms with van der Waals surface area (Å²) in [5.74, 6) is 0.813. The van der Waals surface area contributed by atoms with Crippen molar-refractivity contribution in [1.82, 2.24) is 4.90 Å². The SMILES string of the molecule is CN(C)CCOc1ccc(Br)c(N)c1. The van der Waals surface area contributed by atoms with Crippen molar-refractivity contribution >= 4 is 21.6 Å². The van der Waals surface area contributed by atoms with E-state index in [4.69, 9.17) is 10.5 Å². The number of nitrogens with two attached hydrogens (primary N) is 1. The first-order valence-electron chi connectivity index (χ1n) is 4.42. The van der Waals surface area contributed by atoms with Gasteiger partial charge in [0, 0.05) is 22.8 Å². The highest BCUT2D eigenvalue weighted by molar-refractivity contribution is 9.10. The number of benzene rings is 1. The average molecular weight is 259 g/mol. The molecule has 0 amide bonds. The van der Waals surface area contributed by atoms with Crippen molar-refractivity contribution in [3.05, 3.63) is 22.7 Å². The lowest BCUT2D eigenvalue weighted by atomic mass is 10.3. The maximum atomic E-state index is 5.71. The fourth-order valence-corrected chi connectivity index (χ4v) is 1.20. The van der Waals surface area contributed by atoms with Crippen LogP contribution in [-0.4, -0.2) is 32.1 Å². The van der Waals surface area contributed by atoms with Gasteiger partial charge in [0.2, 0.25) is 0 Å². The van der Waals surface area contributed by atoms with E-state index in [1.54, 1.807) is 0 Å². The number of nitrogen functional groups attached to an aromatic ring is 1. The molecule has 0 bridgehead atoms. The molecule has 1 aromatic carbocycles. The van der Waals surface area contributed by atoms with E-state index >= 15 is 0 Å². The summed E-state index contributed by atoms with van der Waals surface area (Å²) in [5.41, 5.74) is 6.42. The lowest BCUT2D eigenvalue weighted by Gasteiger charge is -2.11. The van der Waals surface area contributed by atoms with Crippen LogP contribution in [0, 0.1) is 0 Å². The van der Waals surface area contributed by atoms with Crippen molar-refractivity contribution in [2.75, 3.05) is 33.0 Å². The fourth-order valence-electron chi connectivity index (χ4n) is 0.958. The molecule has 0 aromatic heterocycles. The zero-order chi connectivity index (χ0) is 10.6. The van der Waals surface area contributed by atoms with Crippen LogP contribution in [0.1, 0.15) is 0 Å². The summed E-state index contributed by atoms with van der Waals surface area (Å²) in [6.07, 6.45) is 0. The molecule has 0 saturated heterocycles. The van der Waals surface area contributed by atoms with E-state index in [9.17, 15) is 0 Å². The molecule has 0 unspecified atom stereocenters. The van der Waals surface area contributed by atoms with Crippen LogP contribution in [0.15, 0.2) is 22.7 Å². The van der Waals surface area contributed by atoms with E-state index in [0.29, 0.717) is 12.3 Å². The highest BCUT2D eigenvalue weighted by Crippen LogP contribution is 2.24. The minimum atomic E-state index is 0.675. The molecule has 2 N–H and O–H groups in total. The number of rotatable bonds is 4. The average Bonchev–Trinajstić information content (AvgIpc) is 2.10. The molecule has 0 aliphatic rings. The van der Waals surface area contributed by atoms with E-state index in [2.05, 4.69) is 20.8 Å². The molecular weight excluding hydrogens is 244 g/mol. The van der Waals surface area contributed by atoms with E-state index in [1.165, 1.54) is 0 Å². The molecule has 0 spiro atoms. The number of likely N-dealkylation sites (N-methyl/N-ethyl adjacent to an activating group) is 1. The quantitative estimate of drug-likeness (QED) is 0.840. The van der Waals surface area contributed by atoms with Crippen molar-refractivity contribution < 1.29 is 4.74 Å². The van der Waals surface area contributed by atoms with Crippen molar-refractivity contribution in [2.24, 2.45) is 0 Å². The maximum absolute atomic E-state index is 5.71. The molecule has 78 valence electrons. The van der Waals surface area contributed by atoms with Crippen LogP contribution in [-0.2, 0) is 0 Å². The van der Waals surface area contributed by atoms with Crippen LogP contribution >= 0.6 is 15.9 Å². The summed E-state index contributed by atoms with van der Waals surface area (Å²) in [6, 6.07) is 5.61. The molecular formula is C10H15BrN2O. The van der Waals surface area contributed by atoms with Gasteiger partial charge in [-0.3, -0.25) is 0 Å². The highest BCUT2D eigenvalue weighted by Gasteiger charge is 1.98. The predicted molar refractivity (Wildman–Crippen MR) is 62.6 cm³/mol. The molecule has 1 rings (SSSR count). The second-order valence-corrected chi connectivity index (χ2v) is 4.19. The number of nitrogens with zero attached hydrogens (tertiary/aromatic N) is 1. The minimum absolute atomic E-state index is 0.675. The summed E-state index contributed by atoms with van der Waals surface area (Å²) in [6.45, 7) is 1.57. The number of ether oxygens (including phenoxy) is 1. The lowest BCUT2D eigenvalue weighted by molar-refractivity contribution is 0.261. The fraction of sp³-hybridized carbons (Fsp3) is 0.400. The van der Waals surface area contributed by atoms with Crippen LogP contribution in [0.2, 0.25) is 0 Å². The van der Waals surface area contributed by atoms with Crippen LogP contribution in [0.5, 0.6) is 5.75 Å². The first kappa shape index (κ1) is 11.3. The molecule has 0 aliphatic carbocycles. The van der Waals surface area contributed by atoms with Gasteiger partial charge >= 0.3 is 0 Å². The third kappa shape index (κ3) is 3.55. The molecule has 1 aromatic rings. The molecule has 0 radical (unpaired) electrons. The van der Waals surface area contributed by atoms with E-state index in [1.807, 2.05) is 32.3 Å². The van der Waals surface area contributed by atoms with Crippen LogP contribution in [0.4, 0.5) is 5.69 Å². The van der Waals surface area contributed by atoms with E-state index in [-0.39, 0.29) is 0 Å². The Morgan fingerprint density at radius 2 is 2.14 bits per heavy atom. The van der Waals surface area contributed by atoms with Gasteiger partial charge in [0.25, 0.3) is 0 Å². The molecule has 4 heteroatoms. The number of anilines is 1. The maximum Gasteiger partial charge on any atom is 0.121 e. The Labute approximate surface area is 93.0 Å². The monoisotopic (exact) mass is 258 g/mol. The first-order valence-corrected chi connectivity index (χ1v) is 5.21. The number of halogens is 1. The second kappa shape index (κ2) is 5.22. The molecule has 0 saturated carbocycles. The van der Waals surface area contributed by atoms with Crippen molar-refractivity contribution in [1.29, 1.82) is 0 Å². The smallest absolute Gasteiger partial charge is 0.121 e. The summed E-state index contributed by atoms with van der Waals surface area (Å²) in [4.78, 5) is 2.07. The van der Waals surface area contributed by atoms with Crippen molar-refractivity contribution in [3.63, 3.8) is 0 Å². The van der Waals surface area contributed by atoms with Gasteiger partial charge in [0.05, 0.1) is 0 Å². The van der Waals surface area contributed by atoms with Gasteiger partial charge in [-0.15, -0.1) is 0 Å². The Balaban J connectivity index is 2.47. The van der Waals surface area contributed by atoms with Crippen LogP contribution in [0.3, 0.4) is 0 Å². The van der Waals surface area contributed by atoms with E-state index in [0.717, 1.165) is 16.8 Å². The Morgan fingerprint density at radius 1 is 1.43 bits per heavy atom. The molecule has 3 nitrogen and oxygen atoms in total. The molecule has 0 atom stereocenters. The molecule has 0 aliphatic heterocycles. The minimum Gasteiger partial charge on any atom is -0.492 e. The van der Waals surface area contributed by atoms with Gasteiger partial charge in [0.15, 0.2) is 0 Å². The van der Waals surface area contributed by atoms with Crippen LogP contribution < -0.4 is 10.5 Å². The zero-order valence-corrected chi connectivity index (χ0v) is 10.0. The van der Waals surface area contributed by atoms with Gasteiger partial charge in [-0.05, 0) is 42.2 Å².